The van der Waals surface area contributed by atoms with Crippen molar-refractivity contribution in [1.82, 2.24) is 4.98 Å². The van der Waals surface area contributed by atoms with E-state index in [1.165, 1.54) is 20.3 Å². The fraction of sp³-hybridized carbons (Fsp3) is 0.133. The quantitative estimate of drug-likeness (QED) is 0.748. The normalized spacial score (nSPS) is 11.5. The summed E-state index contributed by atoms with van der Waals surface area (Å²) in [5.74, 6) is -0.0232. The number of sulfonamides is 1. The molecule has 0 amide bonds. The highest BCUT2D eigenvalue weighted by atomic mass is 32.2. The Morgan fingerprint density at radius 1 is 1.08 bits per heavy atom. The summed E-state index contributed by atoms with van der Waals surface area (Å²) in [7, 11) is -1.18. The second-order valence-electron chi connectivity index (χ2n) is 4.75. The van der Waals surface area contributed by atoms with Crippen molar-refractivity contribution < 1.29 is 22.3 Å². The highest BCUT2D eigenvalue weighted by Gasteiger charge is 2.21. The number of thiazole rings is 1. The molecule has 0 bridgehead atoms. The molecule has 24 heavy (non-hydrogen) atoms. The molecule has 0 saturated carbocycles. The van der Waals surface area contributed by atoms with Gasteiger partial charge in [-0.1, -0.05) is 11.3 Å². The number of nitrogens with one attached hydrogen (secondary N) is 1. The summed E-state index contributed by atoms with van der Waals surface area (Å²) in [5, 5.41) is 0.147. The van der Waals surface area contributed by atoms with Crippen LogP contribution in [0.5, 0.6) is 11.5 Å². The van der Waals surface area contributed by atoms with Gasteiger partial charge in [-0.05, 0) is 30.3 Å². The molecule has 3 aromatic rings. The van der Waals surface area contributed by atoms with Gasteiger partial charge in [0.2, 0.25) is 0 Å². The Hall–Kier alpha value is -2.39. The van der Waals surface area contributed by atoms with Gasteiger partial charge in [0, 0.05) is 6.07 Å². The van der Waals surface area contributed by atoms with E-state index >= 15 is 0 Å². The maximum absolute atomic E-state index is 14.0. The van der Waals surface area contributed by atoms with Gasteiger partial charge in [0.25, 0.3) is 10.0 Å². The standard InChI is InChI=1S/C15H13FN2O4S2/c1-21-9-4-6-14(11(16)7-9)24(19,20)18-15-17-12-5-3-10(22-2)8-13(12)23-15/h3-8H,1-2H3,(H,17,18). The molecule has 0 aliphatic carbocycles. The maximum atomic E-state index is 14.0. The van der Waals surface area contributed by atoms with Crippen LogP contribution in [0.2, 0.25) is 0 Å². The van der Waals surface area contributed by atoms with Gasteiger partial charge in [-0.3, -0.25) is 4.72 Å². The van der Waals surface area contributed by atoms with E-state index in [4.69, 9.17) is 9.47 Å². The molecule has 0 radical (unpaired) electrons. The Kier molecular flexibility index (Phi) is 4.29. The Morgan fingerprint density at radius 2 is 1.75 bits per heavy atom. The van der Waals surface area contributed by atoms with Crippen molar-refractivity contribution in [2.45, 2.75) is 4.90 Å². The molecule has 126 valence electrons. The van der Waals surface area contributed by atoms with Crippen LogP contribution in [-0.4, -0.2) is 27.6 Å². The van der Waals surface area contributed by atoms with Crippen molar-refractivity contribution in [1.29, 1.82) is 0 Å². The van der Waals surface area contributed by atoms with Crippen molar-refractivity contribution >= 4 is 36.7 Å². The van der Waals surface area contributed by atoms with Crippen LogP contribution < -0.4 is 14.2 Å². The van der Waals surface area contributed by atoms with Gasteiger partial charge >= 0.3 is 0 Å². The zero-order valence-corrected chi connectivity index (χ0v) is 14.4. The van der Waals surface area contributed by atoms with Crippen molar-refractivity contribution in [3.63, 3.8) is 0 Å². The lowest BCUT2D eigenvalue weighted by Crippen LogP contribution is -2.14. The number of fused-ring (bicyclic) bond motifs is 1. The Labute approximate surface area is 141 Å². The van der Waals surface area contributed by atoms with Crippen LogP contribution in [-0.2, 0) is 10.0 Å². The first kappa shape index (κ1) is 16.5. The fourth-order valence-electron chi connectivity index (χ4n) is 2.07. The zero-order chi connectivity index (χ0) is 17.3. The van der Waals surface area contributed by atoms with Crippen molar-refractivity contribution in [3.8, 4) is 11.5 Å². The average molecular weight is 368 g/mol. The summed E-state index contributed by atoms with van der Waals surface area (Å²) in [4.78, 5) is 3.72. The van der Waals surface area contributed by atoms with Crippen LogP contribution in [0.4, 0.5) is 9.52 Å². The summed E-state index contributed by atoms with van der Waals surface area (Å²) in [5.41, 5.74) is 0.619. The number of ether oxygens (including phenoxy) is 2. The first-order valence-electron chi connectivity index (χ1n) is 6.74. The number of benzene rings is 2. The lowest BCUT2D eigenvalue weighted by atomic mass is 10.3. The molecule has 3 rings (SSSR count). The topological polar surface area (TPSA) is 77.5 Å². The molecule has 6 nitrogen and oxygen atoms in total. The van der Waals surface area contributed by atoms with E-state index in [0.717, 1.165) is 28.2 Å². The van der Waals surface area contributed by atoms with Crippen LogP contribution in [0.25, 0.3) is 10.2 Å². The minimum atomic E-state index is -4.10. The van der Waals surface area contributed by atoms with E-state index in [0.29, 0.717) is 11.3 Å². The van der Waals surface area contributed by atoms with Gasteiger partial charge < -0.3 is 9.47 Å². The van der Waals surface area contributed by atoms with Gasteiger partial charge in [-0.2, -0.15) is 0 Å². The Balaban J connectivity index is 1.94. The molecule has 1 heterocycles. The second kappa shape index (κ2) is 6.25. The molecular weight excluding hydrogens is 355 g/mol. The molecule has 1 aromatic heterocycles. The second-order valence-corrected chi connectivity index (χ2v) is 7.44. The lowest BCUT2D eigenvalue weighted by Gasteiger charge is -2.07. The number of rotatable bonds is 5. The molecule has 0 saturated heterocycles. The molecule has 0 atom stereocenters. The molecule has 9 heteroatoms. The Bertz CT molecular complexity index is 1000. The largest absolute Gasteiger partial charge is 0.497 e. The number of methoxy groups -OCH3 is 2. The number of hydrogen-bond donors (Lipinski definition) is 1. The summed E-state index contributed by atoms with van der Waals surface area (Å²) >= 11 is 1.13. The van der Waals surface area contributed by atoms with E-state index in [9.17, 15) is 12.8 Å². The van der Waals surface area contributed by atoms with E-state index in [-0.39, 0.29) is 10.9 Å². The summed E-state index contributed by atoms with van der Waals surface area (Å²) in [6.07, 6.45) is 0. The number of anilines is 1. The number of nitrogens with zero attached hydrogens (tertiary/aromatic N) is 1. The van der Waals surface area contributed by atoms with Crippen LogP contribution in [0.15, 0.2) is 41.3 Å². The minimum Gasteiger partial charge on any atom is -0.497 e. The minimum absolute atomic E-state index is 0.147. The van der Waals surface area contributed by atoms with Crippen molar-refractivity contribution in [2.24, 2.45) is 0 Å². The van der Waals surface area contributed by atoms with Crippen LogP contribution in [0.3, 0.4) is 0 Å². The third kappa shape index (κ3) is 3.13. The maximum Gasteiger partial charge on any atom is 0.266 e. The molecule has 0 aliphatic rings. The smallest absolute Gasteiger partial charge is 0.266 e. The lowest BCUT2D eigenvalue weighted by molar-refractivity contribution is 0.410. The number of halogens is 1. The molecular formula is C15H13FN2O4S2. The van der Waals surface area contributed by atoms with Crippen molar-refractivity contribution in [2.75, 3.05) is 18.9 Å². The van der Waals surface area contributed by atoms with Gasteiger partial charge in [0.05, 0.1) is 24.4 Å². The van der Waals surface area contributed by atoms with Gasteiger partial charge in [-0.25, -0.2) is 17.8 Å². The predicted molar refractivity (Wildman–Crippen MR) is 89.9 cm³/mol. The molecule has 0 fully saturated rings. The van der Waals surface area contributed by atoms with E-state index in [1.54, 1.807) is 18.2 Å². The van der Waals surface area contributed by atoms with E-state index < -0.39 is 20.7 Å². The molecule has 2 aromatic carbocycles. The van der Waals surface area contributed by atoms with Crippen molar-refractivity contribution in [3.05, 3.63) is 42.2 Å². The predicted octanol–water partition coefficient (Wildman–Crippen LogP) is 3.25. The van der Waals surface area contributed by atoms with Gasteiger partial charge in [0.1, 0.15) is 22.2 Å². The van der Waals surface area contributed by atoms with Crippen LogP contribution >= 0.6 is 11.3 Å². The number of aromatic nitrogens is 1. The van der Waals surface area contributed by atoms with Crippen LogP contribution in [0, 0.1) is 5.82 Å². The van der Waals surface area contributed by atoms with E-state index in [1.807, 2.05) is 0 Å². The summed E-state index contributed by atoms with van der Waals surface area (Å²) in [6, 6.07) is 8.73. The van der Waals surface area contributed by atoms with E-state index in [2.05, 4.69) is 9.71 Å². The van der Waals surface area contributed by atoms with Crippen LogP contribution in [0.1, 0.15) is 0 Å². The molecule has 1 N–H and O–H groups in total. The SMILES string of the molecule is COc1ccc(S(=O)(=O)Nc2nc3ccc(OC)cc3s2)c(F)c1. The Morgan fingerprint density at radius 3 is 2.42 bits per heavy atom. The third-order valence-corrected chi connectivity index (χ3v) is 5.68. The first-order chi connectivity index (χ1) is 11.4. The fourth-order valence-corrected chi connectivity index (χ4v) is 4.26. The monoisotopic (exact) mass is 368 g/mol. The average Bonchev–Trinajstić information content (AvgIpc) is 2.94. The van der Waals surface area contributed by atoms with Gasteiger partial charge in [-0.15, -0.1) is 0 Å². The summed E-state index contributed by atoms with van der Waals surface area (Å²) in [6.45, 7) is 0. The summed E-state index contributed by atoms with van der Waals surface area (Å²) < 4.78 is 51.8. The molecule has 0 unspecified atom stereocenters. The first-order valence-corrected chi connectivity index (χ1v) is 9.04. The number of hydrogen-bond acceptors (Lipinski definition) is 6. The van der Waals surface area contributed by atoms with Gasteiger partial charge in [0.15, 0.2) is 5.13 Å². The molecule has 0 aliphatic heterocycles. The molecule has 0 spiro atoms. The highest BCUT2D eigenvalue weighted by Crippen LogP contribution is 2.31. The zero-order valence-electron chi connectivity index (χ0n) is 12.7. The highest BCUT2D eigenvalue weighted by molar-refractivity contribution is 7.93. The third-order valence-electron chi connectivity index (χ3n) is 3.25.